The molecule has 1 aromatic heterocycles. The van der Waals surface area contributed by atoms with Crippen molar-refractivity contribution in [1.29, 1.82) is 0 Å². The summed E-state index contributed by atoms with van der Waals surface area (Å²) in [6.45, 7) is 3.55. The lowest BCUT2D eigenvalue weighted by Crippen LogP contribution is -2.27. The molecule has 0 radical (unpaired) electrons. The first-order chi connectivity index (χ1) is 7.04. The number of methoxy groups -OCH3 is 1. The monoisotopic (exact) mass is 210 g/mol. The fraction of sp³-hybridized carbons (Fsp3) is 0.500. The van der Waals surface area contributed by atoms with E-state index in [-0.39, 0.29) is 24.0 Å². The second-order valence-corrected chi connectivity index (χ2v) is 3.45. The van der Waals surface area contributed by atoms with Gasteiger partial charge in [-0.2, -0.15) is 5.10 Å². The average molecular weight is 210 g/mol. The summed E-state index contributed by atoms with van der Waals surface area (Å²) in [6, 6.07) is 1.20. The number of rotatable bonds is 3. The number of nitrogens with zero attached hydrogens (tertiary/aromatic N) is 2. The van der Waals surface area contributed by atoms with Gasteiger partial charge in [-0.1, -0.05) is 0 Å². The van der Waals surface area contributed by atoms with Crippen LogP contribution in [0.1, 0.15) is 24.9 Å². The first-order valence-corrected chi connectivity index (χ1v) is 4.67. The van der Waals surface area contributed by atoms with Gasteiger partial charge in [0.25, 0.3) is 5.56 Å². The van der Waals surface area contributed by atoms with E-state index < -0.39 is 0 Å². The van der Waals surface area contributed by atoms with Crippen LogP contribution in [0.15, 0.2) is 17.1 Å². The van der Waals surface area contributed by atoms with Crippen LogP contribution < -0.4 is 5.56 Å². The number of ether oxygens (including phenoxy) is 1. The fourth-order valence-electron chi connectivity index (χ4n) is 1.25. The first kappa shape index (κ1) is 11.4. The summed E-state index contributed by atoms with van der Waals surface area (Å²) in [4.78, 5) is 22.5. The van der Waals surface area contributed by atoms with Crippen LogP contribution in [0.25, 0.3) is 0 Å². The Labute approximate surface area is 87.7 Å². The van der Waals surface area contributed by atoms with Gasteiger partial charge in [-0.05, 0) is 19.4 Å². The van der Waals surface area contributed by atoms with E-state index in [9.17, 15) is 9.59 Å². The fourth-order valence-corrected chi connectivity index (χ4v) is 1.25. The molecule has 0 aliphatic rings. The van der Waals surface area contributed by atoms with E-state index in [1.54, 1.807) is 20.0 Å². The highest BCUT2D eigenvalue weighted by Crippen LogP contribution is 2.06. The molecule has 0 saturated heterocycles. The number of aromatic nitrogens is 2. The molecule has 0 aliphatic heterocycles. The van der Waals surface area contributed by atoms with Gasteiger partial charge in [-0.3, -0.25) is 9.59 Å². The Bertz CT molecular complexity index is 411. The molecule has 15 heavy (non-hydrogen) atoms. The van der Waals surface area contributed by atoms with Gasteiger partial charge in [0.15, 0.2) is 0 Å². The molecule has 0 aliphatic carbocycles. The van der Waals surface area contributed by atoms with Crippen molar-refractivity contribution in [2.45, 2.75) is 26.3 Å². The predicted octanol–water partition coefficient (Wildman–Crippen LogP) is 0.676. The summed E-state index contributed by atoms with van der Waals surface area (Å²) in [5, 5.41) is 3.96. The van der Waals surface area contributed by atoms with E-state index in [1.165, 1.54) is 17.9 Å². The minimum atomic E-state index is -0.350. The highest BCUT2D eigenvalue weighted by atomic mass is 16.5. The lowest BCUT2D eigenvalue weighted by molar-refractivity contribution is -0.141. The quantitative estimate of drug-likeness (QED) is 0.688. The summed E-state index contributed by atoms with van der Waals surface area (Å²) in [7, 11) is 1.32. The average Bonchev–Trinajstić information content (AvgIpc) is 2.17. The van der Waals surface area contributed by atoms with E-state index in [0.29, 0.717) is 0 Å². The Morgan fingerprint density at radius 3 is 2.87 bits per heavy atom. The molecular formula is C10H14N2O3. The summed E-state index contributed by atoms with van der Waals surface area (Å²) in [5.41, 5.74) is 0.605. The molecule has 5 heteroatoms. The first-order valence-electron chi connectivity index (χ1n) is 4.67. The van der Waals surface area contributed by atoms with Crippen molar-refractivity contribution in [3.8, 4) is 0 Å². The maximum atomic E-state index is 11.5. The van der Waals surface area contributed by atoms with Crippen LogP contribution in [0, 0.1) is 6.92 Å². The van der Waals surface area contributed by atoms with Crippen LogP contribution in [-0.4, -0.2) is 22.9 Å². The van der Waals surface area contributed by atoms with Crippen molar-refractivity contribution in [3.63, 3.8) is 0 Å². The van der Waals surface area contributed by atoms with Crippen molar-refractivity contribution in [2.75, 3.05) is 7.11 Å². The van der Waals surface area contributed by atoms with Gasteiger partial charge in [-0.25, -0.2) is 4.68 Å². The third-order valence-corrected chi connectivity index (χ3v) is 2.07. The zero-order chi connectivity index (χ0) is 11.4. The van der Waals surface area contributed by atoms with E-state index in [1.807, 2.05) is 0 Å². The molecule has 0 spiro atoms. The summed E-state index contributed by atoms with van der Waals surface area (Å²) in [6.07, 6.45) is 1.74. The number of aryl methyl sites for hydroxylation is 1. The SMILES string of the molecule is COC(=O)CC(C)n1ncc(C)cc1=O. The zero-order valence-electron chi connectivity index (χ0n) is 9.06. The smallest absolute Gasteiger partial charge is 0.307 e. The molecule has 1 rings (SSSR count). The van der Waals surface area contributed by atoms with Crippen molar-refractivity contribution in [1.82, 2.24) is 9.78 Å². The second kappa shape index (κ2) is 4.72. The van der Waals surface area contributed by atoms with Crippen molar-refractivity contribution in [3.05, 3.63) is 28.2 Å². The van der Waals surface area contributed by atoms with Crippen LogP contribution in [0.2, 0.25) is 0 Å². The molecule has 1 atom stereocenters. The van der Waals surface area contributed by atoms with Gasteiger partial charge in [0.1, 0.15) is 0 Å². The maximum Gasteiger partial charge on any atom is 0.307 e. The number of carbonyl (C=O) groups excluding carboxylic acids is 1. The largest absolute Gasteiger partial charge is 0.469 e. The summed E-state index contributed by atoms with van der Waals surface area (Å²) >= 11 is 0. The number of esters is 1. The Morgan fingerprint density at radius 1 is 1.67 bits per heavy atom. The molecule has 1 unspecified atom stereocenters. The number of hydrogen-bond donors (Lipinski definition) is 0. The van der Waals surface area contributed by atoms with Gasteiger partial charge in [0.2, 0.25) is 0 Å². The van der Waals surface area contributed by atoms with Crippen LogP contribution in [0.3, 0.4) is 0 Å². The summed E-state index contributed by atoms with van der Waals surface area (Å²) in [5.74, 6) is -0.350. The Balaban J connectivity index is 2.87. The molecule has 82 valence electrons. The molecule has 0 saturated carbocycles. The van der Waals surface area contributed by atoms with E-state index in [4.69, 9.17) is 0 Å². The van der Waals surface area contributed by atoms with Gasteiger partial charge < -0.3 is 4.74 Å². The van der Waals surface area contributed by atoms with Gasteiger partial charge in [-0.15, -0.1) is 0 Å². The molecule has 5 nitrogen and oxygen atoms in total. The van der Waals surface area contributed by atoms with Crippen LogP contribution in [0.4, 0.5) is 0 Å². The van der Waals surface area contributed by atoms with E-state index in [2.05, 4.69) is 9.84 Å². The molecule has 0 amide bonds. The number of hydrogen-bond acceptors (Lipinski definition) is 4. The molecule has 1 heterocycles. The van der Waals surface area contributed by atoms with Crippen molar-refractivity contribution < 1.29 is 9.53 Å². The third kappa shape index (κ3) is 2.90. The summed E-state index contributed by atoms with van der Waals surface area (Å²) < 4.78 is 5.81. The molecule has 0 fully saturated rings. The molecule has 1 aromatic rings. The normalized spacial score (nSPS) is 12.2. The Hall–Kier alpha value is -1.65. The zero-order valence-corrected chi connectivity index (χ0v) is 9.06. The van der Waals surface area contributed by atoms with Crippen LogP contribution in [0.5, 0.6) is 0 Å². The minimum Gasteiger partial charge on any atom is -0.469 e. The second-order valence-electron chi connectivity index (χ2n) is 3.45. The van der Waals surface area contributed by atoms with Crippen LogP contribution >= 0.6 is 0 Å². The van der Waals surface area contributed by atoms with Gasteiger partial charge in [0.05, 0.1) is 25.8 Å². The topological polar surface area (TPSA) is 61.2 Å². The molecule has 0 aromatic carbocycles. The molecular weight excluding hydrogens is 196 g/mol. The maximum absolute atomic E-state index is 11.5. The van der Waals surface area contributed by atoms with Crippen LogP contribution in [-0.2, 0) is 9.53 Å². The molecule has 0 N–H and O–H groups in total. The highest BCUT2D eigenvalue weighted by molar-refractivity contribution is 5.69. The van der Waals surface area contributed by atoms with Crippen molar-refractivity contribution in [2.24, 2.45) is 0 Å². The Morgan fingerprint density at radius 2 is 2.33 bits per heavy atom. The van der Waals surface area contributed by atoms with E-state index in [0.717, 1.165) is 5.56 Å². The lowest BCUT2D eigenvalue weighted by atomic mass is 10.2. The highest BCUT2D eigenvalue weighted by Gasteiger charge is 2.12. The third-order valence-electron chi connectivity index (χ3n) is 2.07. The van der Waals surface area contributed by atoms with E-state index >= 15 is 0 Å². The van der Waals surface area contributed by atoms with Gasteiger partial charge in [0, 0.05) is 6.07 Å². The molecule has 0 bridgehead atoms. The van der Waals surface area contributed by atoms with Gasteiger partial charge >= 0.3 is 5.97 Å². The minimum absolute atomic E-state index is 0.145. The Kier molecular flexibility index (Phi) is 3.60. The number of carbonyl (C=O) groups is 1. The predicted molar refractivity (Wildman–Crippen MR) is 54.6 cm³/mol. The lowest BCUT2D eigenvalue weighted by Gasteiger charge is -2.11. The standard InChI is InChI=1S/C10H14N2O3/c1-7-4-9(13)12(11-6-7)8(2)5-10(14)15-3/h4,6,8H,5H2,1-3H3. The van der Waals surface area contributed by atoms with Crippen molar-refractivity contribution >= 4 is 5.97 Å².